The van der Waals surface area contributed by atoms with Crippen LogP contribution in [-0.4, -0.2) is 85.0 Å². The first-order valence-corrected chi connectivity index (χ1v) is 19.8. The summed E-state index contributed by atoms with van der Waals surface area (Å²) in [5, 5.41) is 17.4. The molecular weight excluding hydrogens is 741 g/mol. The molecular formula is C48H46N6O5. The molecule has 0 saturated carbocycles. The highest BCUT2D eigenvalue weighted by Gasteiger charge is 2.51. The van der Waals surface area contributed by atoms with Gasteiger partial charge in [0, 0.05) is 61.4 Å². The zero-order valence-corrected chi connectivity index (χ0v) is 32.9. The van der Waals surface area contributed by atoms with Crippen molar-refractivity contribution in [1.82, 2.24) is 24.4 Å². The van der Waals surface area contributed by atoms with E-state index in [4.69, 9.17) is 0 Å². The van der Waals surface area contributed by atoms with Crippen molar-refractivity contribution < 1.29 is 24.3 Å². The summed E-state index contributed by atoms with van der Waals surface area (Å²) in [7, 11) is 1.97. The third-order valence-electron chi connectivity index (χ3n) is 11.2. The number of piperazine rings is 1. The van der Waals surface area contributed by atoms with Crippen molar-refractivity contribution in [2.24, 2.45) is 7.05 Å². The number of aromatic nitrogens is 1. The van der Waals surface area contributed by atoms with Crippen LogP contribution in [0.2, 0.25) is 0 Å². The predicted molar refractivity (Wildman–Crippen MR) is 228 cm³/mol. The first-order valence-electron chi connectivity index (χ1n) is 19.8. The first-order chi connectivity index (χ1) is 28.7. The second-order valence-corrected chi connectivity index (χ2v) is 15.1. The quantitative estimate of drug-likeness (QED) is 0.132. The van der Waals surface area contributed by atoms with Crippen molar-refractivity contribution in [3.63, 3.8) is 0 Å². The highest BCUT2D eigenvalue weighted by molar-refractivity contribution is 6.06. The molecule has 3 heterocycles. The minimum Gasteiger partial charge on any atom is -0.508 e. The van der Waals surface area contributed by atoms with E-state index in [0.29, 0.717) is 17.7 Å². The van der Waals surface area contributed by atoms with Gasteiger partial charge in [0.2, 0.25) is 17.7 Å². The number of para-hydroxylation sites is 2. The largest absolute Gasteiger partial charge is 0.508 e. The number of hydrogen-bond acceptors (Lipinski definition) is 6. The van der Waals surface area contributed by atoms with Crippen LogP contribution in [0.1, 0.15) is 33.5 Å². The Morgan fingerprint density at radius 2 is 1.59 bits per heavy atom. The van der Waals surface area contributed by atoms with E-state index >= 15 is 0 Å². The van der Waals surface area contributed by atoms with Crippen LogP contribution in [0.5, 0.6) is 5.75 Å². The standard InChI is InChI=1S/C48H46N6O5/c1-3-26-52-32-45(57)53-42(27-34-20-23-39(55)24-21-34)48(59)51(31-43(53)54(52)44(56)25-22-33-12-6-4-7-13-33)29-37-16-11-19-40-41(30-50(2)46(37)40)35-14-10-15-36(28-35)47(58)49-38-17-8-5-9-18-38/h3-21,23-24,28,30,42-43,55H,1,22,25-27,29,31-32H2,2H3,(H,49,58)/t42-,43-/m0/s1. The topological polar surface area (TPSA) is 118 Å². The molecule has 0 unspecified atom stereocenters. The van der Waals surface area contributed by atoms with Crippen LogP contribution in [0.4, 0.5) is 5.69 Å². The van der Waals surface area contributed by atoms with Crippen LogP contribution < -0.4 is 5.32 Å². The Balaban J connectivity index is 1.13. The van der Waals surface area contributed by atoms with Crippen molar-refractivity contribution in [2.45, 2.75) is 38.0 Å². The summed E-state index contributed by atoms with van der Waals surface area (Å²) in [5.74, 6) is -0.719. The second-order valence-electron chi connectivity index (χ2n) is 15.1. The lowest BCUT2D eigenvalue weighted by Crippen LogP contribution is -2.75. The fraction of sp³-hybridized carbons (Fsp3) is 0.208. The minimum atomic E-state index is -0.894. The molecule has 4 amide bonds. The Morgan fingerprint density at radius 1 is 0.864 bits per heavy atom. The van der Waals surface area contributed by atoms with Crippen molar-refractivity contribution in [2.75, 3.05) is 25.0 Å². The van der Waals surface area contributed by atoms with Crippen molar-refractivity contribution in [3.8, 4) is 16.9 Å². The lowest BCUT2D eigenvalue weighted by molar-refractivity contribution is -0.205. The number of benzene rings is 5. The number of hydrazine groups is 1. The average molecular weight is 787 g/mol. The summed E-state index contributed by atoms with van der Waals surface area (Å²) in [6.07, 6.45) is 3.91. The van der Waals surface area contributed by atoms with E-state index in [-0.39, 0.29) is 68.4 Å². The van der Waals surface area contributed by atoms with Gasteiger partial charge in [0.25, 0.3) is 5.91 Å². The smallest absolute Gasteiger partial charge is 0.255 e. The fourth-order valence-corrected chi connectivity index (χ4v) is 8.44. The van der Waals surface area contributed by atoms with Gasteiger partial charge in [-0.2, -0.15) is 0 Å². The predicted octanol–water partition coefficient (Wildman–Crippen LogP) is 6.79. The van der Waals surface area contributed by atoms with Gasteiger partial charge in [0.1, 0.15) is 18.0 Å². The molecule has 2 aliphatic heterocycles. The third kappa shape index (κ3) is 8.10. The van der Waals surface area contributed by atoms with E-state index in [9.17, 15) is 24.3 Å². The van der Waals surface area contributed by atoms with E-state index in [0.717, 1.165) is 38.7 Å². The molecule has 2 saturated heterocycles. The number of aryl methyl sites for hydroxylation is 2. The van der Waals surface area contributed by atoms with Gasteiger partial charge < -0.3 is 24.8 Å². The molecule has 1 aromatic heterocycles. The molecule has 2 atom stereocenters. The van der Waals surface area contributed by atoms with Gasteiger partial charge in [-0.05, 0) is 65.1 Å². The number of aromatic hydroxyl groups is 1. The Kier molecular flexibility index (Phi) is 11.1. The Morgan fingerprint density at radius 3 is 2.34 bits per heavy atom. The zero-order valence-electron chi connectivity index (χ0n) is 32.9. The molecule has 8 rings (SSSR count). The van der Waals surface area contributed by atoms with E-state index in [1.54, 1.807) is 56.2 Å². The van der Waals surface area contributed by atoms with Gasteiger partial charge >= 0.3 is 0 Å². The number of carbonyl (C=O) groups is 4. The maximum atomic E-state index is 14.8. The second kappa shape index (κ2) is 16.9. The number of phenolic OH excluding ortho intramolecular Hbond substituents is 1. The summed E-state index contributed by atoms with van der Waals surface area (Å²) in [6, 6.07) is 38.4. The number of nitrogens with one attached hydrogen (secondary N) is 1. The Bertz CT molecular complexity index is 2520. The molecule has 6 aromatic rings. The highest BCUT2D eigenvalue weighted by atomic mass is 16.3. The van der Waals surface area contributed by atoms with Crippen molar-refractivity contribution >= 4 is 40.2 Å². The Hall–Kier alpha value is -6.98. The average Bonchev–Trinajstić information content (AvgIpc) is 3.60. The van der Waals surface area contributed by atoms with Gasteiger partial charge in [-0.3, -0.25) is 19.2 Å². The number of fused-ring (bicyclic) bond motifs is 2. The number of nitrogens with zero attached hydrogens (tertiary/aromatic N) is 5. The molecule has 0 aliphatic carbocycles. The number of hydrogen-bond donors (Lipinski definition) is 2. The lowest BCUT2D eigenvalue weighted by Gasteiger charge is -2.55. The number of phenols is 1. The SMILES string of the molecule is C=CCN1CC(=O)N2[C@@H](Cc3ccc(O)cc3)C(=O)N(Cc3cccc4c(-c5cccc(C(=O)Nc6ccccc6)c5)cn(C)c34)C[C@@H]2N1C(=O)CCc1ccccc1. The maximum Gasteiger partial charge on any atom is 0.255 e. The van der Waals surface area contributed by atoms with Crippen LogP contribution in [-0.2, 0) is 40.8 Å². The van der Waals surface area contributed by atoms with Gasteiger partial charge in [-0.25, -0.2) is 10.0 Å². The molecule has 11 heteroatoms. The van der Waals surface area contributed by atoms with Crippen LogP contribution in [0.15, 0.2) is 146 Å². The van der Waals surface area contributed by atoms with Crippen molar-refractivity contribution in [3.05, 3.63) is 168 Å². The molecule has 298 valence electrons. The minimum absolute atomic E-state index is 0.0699. The van der Waals surface area contributed by atoms with Crippen LogP contribution in [0, 0.1) is 0 Å². The normalized spacial score (nSPS) is 16.9. The van der Waals surface area contributed by atoms with E-state index in [2.05, 4.69) is 11.9 Å². The lowest BCUT2D eigenvalue weighted by atomic mass is 9.97. The molecule has 0 spiro atoms. The van der Waals surface area contributed by atoms with Gasteiger partial charge in [0.15, 0.2) is 0 Å². The molecule has 5 aromatic carbocycles. The molecule has 11 nitrogen and oxygen atoms in total. The number of anilines is 1. The van der Waals surface area contributed by atoms with Gasteiger partial charge in [0.05, 0.1) is 18.6 Å². The van der Waals surface area contributed by atoms with Crippen LogP contribution in [0.25, 0.3) is 22.0 Å². The summed E-state index contributed by atoms with van der Waals surface area (Å²) in [4.78, 5) is 59.9. The molecule has 0 radical (unpaired) electrons. The monoisotopic (exact) mass is 786 g/mol. The van der Waals surface area contributed by atoms with Gasteiger partial charge in [-0.15, -0.1) is 6.58 Å². The summed E-state index contributed by atoms with van der Waals surface area (Å²) in [5.41, 5.74) is 6.68. The number of carbonyl (C=O) groups excluding carboxylic acids is 4. The first kappa shape index (κ1) is 38.9. The summed E-state index contributed by atoms with van der Waals surface area (Å²) >= 11 is 0. The zero-order chi connectivity index (χ0) is 41.0. The molecule has 59 heavy (non-hydrogen) atoms. The molecule has 2 fully saturated rings. The summed E-state index contributed by atoms with van der Waals surface area (Å²) < 4.78 is 2.04. The molecule has 2 N–H and O–H groups in total. The summed E-state index contributed by atoms with van der Waals surface area (Å²) in [6.45, 7) is 4.46. The van der Waals surface area contributed by atoms with Gasteiger partial charge in [-0.1, -0.05) is 97.1 Å². The number of amides is 4. The molecule has 0 bridgehead atoms. The third-order valence-corrected chi connectivity index (χ3v) is 11.2. The van der Waals surface area contributed by atoms with E-state index in [1.807, 2.05) is 115 Å². The van der Waals surface area contributed by atoms with Crippen molar-refractivity contribution in [1.29, 1.82) is 0 Å². The Labute approximate surface area is 343 Å². The van der Waals surface area contributed by atoms with E-state index in [1.165, 1.54) is 0 Å². The number of rotatable bonds is 12. The highest BCUT2D eigenvalue weighted by Crippen LogP contribution is 2.35. The van der Waals surface area contributed by atoms with Crippen LogP contribution in [0.3, 0.4) is 0 Å². The molecule has 2 aliphatic rings. The maximum absolute atomic E-state index is 14.8. The van der Waals surface area contributed by atoms with Crippen LogP contribution >= 0.6 is 0 Å². The fourth-order valence-electron chi connectivity index (χ4n) is 8.44. The van der Waals surface area contributed by atoms with E-state index < -0.39 is 12.2 Å².